The summed E-state index contributed by atoms with van der Waals surface area (Å²) in [7, 11) is 0. The molecule has 0 fully saturated rings. The molecule has 2 atom stereocenters. The molecule has 0 aromatic rings. The maximum Gasteiger partial charge on any atom is 0.376 e. The quantitative estimate of drug-likeness (QED) is 0.0932. The standard InChI is InChI=1S/C11H18N4O7/c12-5(2-1-3-15-11(13)14)10(21)22-6(4-7(16)17)8(18)9(19)20/h5-6H,1-4,12H2,(H,16,17)(H,19,20)(H4,13,14,15)/t5-,6?/m0/s1. The first-order valence-corrected chi connectivity index (χ1v) is 6.15. The average Bonchev–Trinajstić information content (AvgIpc) is 2.40. The predicted molar refractivity (Wildman–Crippen MR) is 72.7 cm³/mol. The van der Waals surface area contributed by atoms with Crippen molar-refractivity contribution < 1.29 is 34.1 Å². The molecule has 1 unspecified atom stereocenters. The van der Waals surface area contributed by atoms with Gasteiger partial charge in [-0.3, -0.25) is 19.4 Å². The lowest BCUT2D eigenvalue weighted by molar-refractivity contribution is -0.165. The highest BCUT2D eigenvalue weighted by atomic mass is 16.6. The van der Waals surface area contributed by atoms with Gasteiger partial charge in [0.15, 0.2) is 12.1 Å². The number of carboxylic acid groups (broad SMARTS) is 2. The molecule has 0 aromatic carbocycles. The van der Waals surface area contributed by atoms with Gasteiger partial charge in [0.2, 0.25) is 0 Å². The average molecular weight is 318 g/mol. The van der Waals surface area contributed by atoms with Crippen LogP contribution in [-0.2, 0) is 23.9 Å². The number of nitrogens with zero attached hydrogens (tertiary/aromatic N) is 1. The maximum atomic E-state index is 11.6. The van der Waals surface area contributed by atoms with Crippen LogP contribution in [0, 0.1) is 0 Å². The molecule has 0 bridgehead atoms. The van der Waals surface area contributed by atoms with Crippen molar-refractivity contribution in [3.63, 3.8) is 0 Å². The number of aliphatic imine (C=N–C) groups is 1. The minimum Gasteiger partial charge on any atom is -0.481 e. The molecule has 11 nitrogen and oxygen atoms in total. The lowest BCUT2D eigenvalue weighted by Gasteiger charge is -2.16. The Morgan fingerprint density at radius 2 is 1.73 bits per heavy atom. The Morgan fingerprint density at radius 3 is 2.18 bits per heavy atom. The minimum absolute atomic E-state index is 0.108. The van der Waals surface area contributed by atoms with E-state index in [1.54, 1.807) is 0 Å². The van der Waals surface area contributed by atoms with Crippen molar-refractivity contribution in [2.75, 3.05) is 6.54 Å². The number of carbonyl (C=O) groups excluding carboxylic acids is 2. The van der Waals surface area contributed by atoms with E-state index < -0.39 is 42.3 Å². The molecule has 0 aliphatic carbocycles. The summed E-state index contributed by atoms with van der Waals surface area (Å²) in [6.45, 7) is 0.218. The topological polar surface area (TPSA) is 208 Å². The third-order valence-electron chi connectivity index (χ3n) is 2.39. The highest BCUT2D eigenvalue weighted by molar-refractivity contribution is 6.35. The maximum absolute atomic E-state index is 11.6. The van der Waals surface area contributed by atoms with E-state index >= 15 is 0 Å². The second kappa shape index (κ2) is 9.28. The largest absolute Gasteiger partial charge is 0.481 e. The lowest BCUT2D eigenvalue weighted by atomic mass is 10.1. The van der Waals surface area contributed by atoms with Crippen LogP contribution >= 0.6 is 0 Å². The van der Waals surface area contributed by atoms with Gasteiger partial charge in [-0.05, 0) is 12.8 Å². The number of rotatable bonds is 10. The molecule has 0 saturated carbocycles. The van der Waals surface area contributed by atoms with Gasteiger partial charge >= 0.3 is 17.9 Å². The van der Waals surface area contributed by atoms with E-state index in [1.807, 2.05) is 0 Å². The zero-order valence-electron chi connectivity index (χ0n) is 11.6. The van der Waals surface area contributed by atoms with Crippen LogP contribution in [0.15, 0.2) is 4.99 Å². The lowest BCUT2D eigenvalue weighted by Crippen LogP contribution is -2.40. The van der Waals surface area contributed by atoms with Gasteiger partial charge in [-0.15, -0.1) is 0 Å². The smallest absolute Gasteiger partial charge is 0.376 e. The van der Waals surface area contributed by atoms with Gasteiger partial charge in [-0.1, -0.05) is 0 Å². The highest BCUT2D eigenvalue weighted by Gasteiger charge is 2.32. The van der Waals surface area contributed by atoms with Gasteiger partial charge < -0.3 is 32.2 Å². The van der Waals surface area contributed by atoms with Gasteiger partial charge in [0, 0.05) is 6.54 Å². The van der Waals surface area contributed by atoms with Gasteiger partial charge in [0.1, 0.15) is 6.04 Å². The summed E-state index contributed by atoms with van der Waals surface area (Å²) in [6.07, 6.45) is -2.44. The van der Waals surface area contributed by atoms with E-state index in [-0.39, 0.29) is 18.9 Å². The Balaban J connectivity index is 4.54. The summed E-state index contributed by atoms with van der Waals surface area (Å²) >= 11 is 0. The summed E-state index contributed by atoms with van der Waals surface area (Å²) in [5.41, 5.74) is 15.7. The minimum atomic E-state index is -1.92. The molecule has 8 N–H and O–H groups in total. The Morgan fingerprint density at radius 1 is 1.14 bits per heavy atom. The number of Topliss-reactive ketones (excluding diaryl/α,β-unsaturated/α-hetero) is 1. The van der Waals surface area contributed by atoms with Gasteiger partial charge in [0.05, 0.1) is 6.42 Å². The van der Waals surface area contributed by atoms with Crippen LogP contribution in [0.2, 0.25) is 0 Å². The Kier molecular flexibility index (Phi) is 8.15. The first-order valence-electron chi connectivity index (χ1n) is 6.15. The van der Waals surface area contributed by atoms with Crippen molar-refractivity contribution in [3.05, 3.63) is 0 Å². The van der Waals surface area contributed by atoms with Crippen molar-refractivity contribution in [1.29, 1.82) is 0 Å². The molecule has 0 saturated heterocycles. The third-order valence-corrected chi connectivity index (χ3v) is 2.39. The number of aliphatic carboxylic acids is 2. The number of nitrogens with two attached hydrogens (primary N) is 3. The van der Waals surface area contributed by atoms with Gasteiger partial charge in [-0.2, -0.15) is 0 Å². The Bertz CT molecular complexity index is 473. The number of guanidine groups is 1. The highest BCUT2D eigenvalue weighted by Crippen LogP contribution is 2.06. The van der Waals surface area contributed by atoms with Crippen LogP contribution in [0.5, 0.6) is 0 Å². The number of esters is 1. The summed E-state index contributed by atoms with van der Waals surface area (Å²) in [6, 6.07) is -1.16. The molecule has 0 heterocycles. The number of carboxylic acids is 2. The monoisotopic (exact) mass is 318 g/mol. The fraction of sp³-hybridized carbons (Fsp3) is 0.545. The van der Waals surface area contributed by atoms with Crippen LogP contribution < -0.4 is 17.2 Å². The fourth-order valence-electron chi connectivity index (χ4n) is 1.35. The molecule has 22 heavy (non-hydrogen) atoms. The summed E-state index contributed by atoms with van der Waals surface area (Å²) in [5.74, 6) is -6.13. The summed E-state index contributed by atoms with van der Waals surface area (Å²) in [4.78, 5) is 47.6. The summed E-state index contributed by atoms with van der Waals surface area (Å²) < 4.78 is 4.56. The molecule has 124 valence electrons. The third kappa shape index (κ3) is 7.79. The first-order chi connectivity index (χ1) is 10.1. The molecule has 0 spiro atoms. The van der Waals surface area contributed by atoms with Crippen LogP contribution in [0.3, 0.4) is 0 Å². The van der Waals surface area contributed by atoms with Crippen molar-refractivity contribution in [1.82, 2.24) is 0 Å². The molecule has 11 heteroatoms. The van der Waals surface area contributed by atoms with E-state index in [1.165, 1.54) is 0 Å². The molecule has 0 rings (SSSR count). The van der Waals surface area contributed by atoms with Crippen LogP contribution in [0.1, 0.15) is 19.3 Å². The van der Waals surface area contributed by atoms with Gasteiger partial charge in [-0.25, -0.2) is 4.79 Å². The van der Waals surface area contributed by atoms with Crippen molar-refractivity contribution in [2.45, 2.75) is 31.4 Å². The normalized spacial score (nSPS) is 12.8. The molecule has 0 aromatic heterocycles. The molecule has 0 amide bonds. The van der Waals surface area contributed by atoms with Crippen molar-refractivity contribution in [2.24, 2.45) is 22.2 Å². The SMILES string of the molecule is NC(N)=NCCC[C@H](N)C(=O)OC(CC(=O)O)C(=O)C(=O)O. The Labute approximate surface area is 125 Å². The Hall–Kier alpha value is -2.69. The molecule has 0 aliphatic heterocycles. The zero-order valence-corrected chi connectivity index (χ0v) is 11.6. The second-order valence-corrected chi connectivity index (χ2v) is 4.25. The molecular formula is C11H18N4O7. The van der Waals surface area contributed by atoms with Gasteiger partial charge in [0.25, 0.3) is 5.78 Å². The number of carbonyl (C=O) groups is 4. The van der Waals surface area contributed by atoms with Crippen LogP contribution in [0.25, 0.3) is 0 Å². The van der Waals surface area contributed by atoms with E-state index in [0.29, 0.717) is 6.42 Å². The fourth-order valence-corrected chi connectivity index (χ4v) is 1.35. The number of hydrogen-bond donors (Lipinski definition) is 5. The van der Waals surface area contributed by atoms with Crippen molar-refractivity contribution in [3.8, 4) is 0 Å². The molecule has 0 radical (unpaired) electrons. The number of ketones is 1. The van der Waals surface area contributed by atoms with Crippen molar-refractivity contribution >= 4 is 29.7 Å². The first kappa shape index (κ1) is 19.3. The predicted octanol–water partition coefficient (Wildman–Crippen LogP) is -2.59. The summed E-state index contributed by atoms with van der Waals surface area (Å²) in [5, 5.41) is 17.1. The second-order valence-electron chi connectivity index (χ2n) is 4.25. The van der Waals surface area contributed by atoms with E-state index in [2.05, 4.69) is 9.73 Å². The van der Waals surface area contributed by atoms with E-state index in [0.717, 1.165) is 0 Å². The van der Waals surface area contributed by atoms with Crippen LogP contribution in [-0.4, -0.2) is 58.6 Å². The zero-order chi connectivity index (χ0) is 17.3. The number of hydrogen-bond acceptors (Lipinski definition) is 7. The molecular weight excluding hydrogens is 300 g/mol. The van der Waals surface area contributed by atoms with Crippen LogP contribution in [0.4, 0.5) is 0 Å². The molecule has 0 aliphatic rings. The van der Waals surface area contributed by atoms with E-state index in [9.17, 15) is 19.2 Å². The van der Waals surface area contributed by atoms with E-state index in [4.69, 9.17) is 27.4 Å². The number of ether oxygens (including phenoxy) is 1.